The third-order valence-corrected chi connectivity index (χ3v) is 3.89. The zero-order valence-electron chi connectivity index (χ0n) is 14.5. The van der Waals surface area contributed by atoms with Gasteiger partial charge < -0.3 is 14.9 Å². The summed E-state index contributed by atoms with van der Waals surface area (Å²) in [6, 6.07) is 10.1. The molecule has 2 heterocycles. The van der Waals surface area contributed by atoms with Gasteiger partial charge in [0.15, 0.2) is 0 Å². The van der Waals surface area contributed by atoms with Gasteiger partial charge in [0, 0.05) is 24.0 Å². The Morgan fingerprint density at radius 2 is 2.00 bits per heavy atom. The van der Waals surface area contributed by atoms with Crippen molar-refractivity contribution in [3.8, 4) is 22.9 Å². The molecule has 0 saturated carbocycles. The summed E-state index contributed by atoms with van der Waals surface area (Å²) in [6.07, 6.45) is 3.40. The van der Waals surface area contributed by atoms with E-state index in [0.29, 0.717) is 0 Å². The Balaban J connectivity index is 1.93. The highest BCUT2D eigenvalue weighted by atomic mass is 16.5. The second-order valence-electron chi connectivity index (χ2n) is 6.01. The lowest BCUT2D eigenvalue weighted by Crippen LogP contribution is -2.08. The molecule has 0 fully saturated rings. The van der Waals surface area contributed by atoms with E-state index < -0.39 is 5.97 Å². The Hall–Kier alpha value is -3.35. The molecule has 0 radical (unpaired) electrons. The minimum absolute atomic E-state index is 0.102. The predicted octanol–water partition coefficient (Wildman–Crippen LogP) is 3.51. The van der Waals surface area contributed by atoms with E-state index >= 15 is 0 Å². The minimum atomic E-state index is -1.25. The van der Waals surface area contributed by atoms with Crippen molar-refractivity contribution in [2.24, 2.45) is 0 Å². The first-order valence-electron chi connectivity index (χ1n) is 8.15. The van der Waals surface area contributed by atoms with Crippen molar-refractivity contribution in [1.82, 2.24) is 14.8 Å². The first-order valence-corrected chi connectivity index (χ1v) is 8.15. The Kier molecular flexibility index (Phi) is 4.88. The number of aromatic hydroxyl groups is 1. The summed E-state index contributed by atoms with van der Waals surface area (Å²) >= 11 is 0. The maximum atomic E-state index is 11.4. The lowest BCUT2D eigenvalue weighted by atomic mass is 10.1. The van der Waals surface area contributed by atoms with Crippen LogP contribution in [0.25, 0.3) is 11.4 Å². The van der Waals surface area contributed by atoms with Crippen LogP contribution in [-0.4, -0.2) is 30.9 Å². The number of aromatic carboxylic acids is 1. The molecular formula is C19H19N3O4. The normalized spacial score (nSPS) is 10.9. The van der Waals surface area contributed by atoms with E-state index in [1.165, 1.54) is 18.2 Å². The van der Waals surface area contributed by atoms with E-state index in [4.69, 9.17) is 4.74 Å². The number of hydrogen-bond acceptors (Lipinski definition) is 5. The summed E-state index contributed by atoms with van der Waals surface area (Å²) in [6.45, 7) is 4.17. The number of rotatable bonds is 6. The molecule has 0 spiro atoms. The van der Waals surface area contributed by atoms with Crippen molar-refractivity contribution in [2.75, 3.05) is 0 Å². The number of benzene rings is 1. The fraction of sp³-hybridized carbons (Fsp3) is 0.211. The van der Waals surface area contributed by atoms with Crippen LogP contribution in [0.1, 0.15) is 35.8 Å². The standard InChI is InChI=1S/C19H19N3O4/c1-12(2)22-14(8-10-21-22)18-13(5-4-9-20-18)11-26-16-7-3-6-15(23)17(16)19(24)25/h3-10,12,23H,11H2,1-2H3,(H,24,25). The highest BCUT2D eigenvalue weighted by Crippen LogP contribution is 2.29. The lowest BCUT2D eigenvalue weighted by Gasteiger charge is -2.15. The van der Waals surface area contributed by atoms with E-state index in [2.05, 4.69) is 10.1 Å². The van der Waals surface area contributed by atoms with Gasteiger partial charge in [0.2, 0.25) is 0 Å². The average molecular weight is 353 g/mol. The number of nitrogens with zero attached hydrogens (tertiary/aromatic N) is 3. The molecule has 7 heteroatoms. The molecule has 26 heavy (non-hydrogen) atoms. The number of carboxylic acid groups (broad SMARTS) is 1. The molecule has 0 bridgehead atoms. The minimum Gasteiger partial charge on any atom is -0.507 e. The highest BCUT2D eigenvalue weighted by Gasteiger charge is 2.18. The van der Waals surface area contributed by atoms with Crippen LogP contribution in [0, 0.1) is 0 Å². The number of ether oxygens (including phenoxy) is 1. The second-order valence-corrected chi connectivity index (χ2v) is 6.01. The van der Waals surface area contributed by atoms with E-state index in [1.807, 2.05) is 30.7 Å². The summed E-state index contributed by atoms with van der Waals surface area (Å²) in [7, 11) is 0. The molecule has 134 valence electrons. The Labute approximate surface area is 150 Å². The SMILES string of the molecule is CC(C)n1nccc1-c1ncccc1COc1cccc(O)c1C(=O)O. The van der Waals surface area contributed by atoms with Crippen molar-refractivity contribution >= 4 is 5.97 Å². The maximum Gasteiger partial charge on any atom is 0.343 e. The number of phenols is 1. The number of aromatic nitrogens is 3. The number of hydrogen-bond donors (Lipinski definition) is 2. The zero-order chi connectivity index (χ0) is 18.7. The first-order chi connectivity index (χ1) is 12.5. The molecule has 3 aromatic rings. The van der Waals surface area contributed by atoms with Gasteiger partial charge in [0.25, 0.3) is 0 Å². The van der Waals surface area contributed by atoms with Crippen molar-refractivity contribution in [2.45, 2.75) is 26.5 Å². The molecule has 2 aromatic heterocycles. The average Bonchev–Trinajstić information content (AvgIpc) is 3.09. The van der Waals surface area contributed by atoms with Crippen LogP contribution in [-0.2, 0) is 6.61 Å². The summed E-state index contributed by atoms with van der Waals surface area (Å²) in [4.78, 5) is 15.8. The summed E-state index contributed by atoms with van der Waals surface area (Å²) in [5, 5.41) is 23.4. The number of carbonyl (C=O) groups is 1. The molecule has 2 N–H and O–H groups in total. The topological polar surface area (TPSA) is 97.5 Å². The zero-order valence-corrected chi connectivity index (χ0v) is 14.5. The Morgan fingerprint density at radius 3 is 2.73 bits per heavy atom. The van der Waals surface area contributed by atoms with E-state index in [9.17, 15) is 15.0 Å². The van der Waals surface area contributed by atoms with Gasteiger partial charge in [-0.05, 0) is 38.1 Å². The van der Waals surface area contributed by atoms with Gasteiger partial charge in [0.05, 0.1) is 11.4 Å². The van der Waals surface area contributed by atoms with E-state index in [0.717, 1.165) is 17.0 Å². The molecule has 3 rings (SSSR count). The summed E-state index contributed by atoms with van der Waals surface area (Å²) in [5.74, 6) is -1.48. The van der Waals surface area contributed by atoms with Gasteiger partial charge in [-0.25, -0.2) is 4.79 Å². The molecule has 0 aliphatic rings. The molecule has 0 aliphatic heterocycles. The lowest BCUT2D eigenvalue weighted by molar-refractivity contribution is 0.0688. The summed E-state index contributed by atoms with van der Waals surface area (Å²) < 4.78 is 7.56. The van der Waals surface area contributed by atoms with Crippen LogP contribution in [0.2, 0.25) is 0 Å². The molecule has 0 amide bonds. The highest BCUT2D eigenvalue weighted by molar-refractivity contribution is 5.94. The van der Waals surface area contributed by atoms with Crippen LogP contribution in [0.3, 0.4) is 0 Å². The molecule has 7 nitrogen and oxygen atoms in total. The Bertz CT molecular complexity index is 934. The summed E-state index contributed by atoms with van der Waals surface area (Å²) in [5.41, 5.74) is 2.10. The molecule has 0 unspecified atom stereocenters. The van der Waals surface area contributed by atoms with E-state index in [-0.39, 0.29) is 29.7 Å². The van der Waals surface area contributed by atoms with Gasteiger partial charge in [-0.3, -0.25) is 9.67 Å². The fourth-order valence-corrected chi connectivity index (χ4v) is 2.71. The molecule has 0 aliphatic carbocycles. The predicted molar refractivity (Wildman–Crippen MR) is 95.2 cm³/mol. The third kappa shape index (κ3) is 3.37. The maximum absolute atomic E-state index is 11.4. The van der Waals surface area contributed by atoms with Crippen LogP contribution < -0.4 is 4.74 Å². The molecule has 1 aromatic carbocycles. The third-order valence-electron chi connectivity index (χ3n) is 3.89. The molecular weight excluding hydrogens is 334 g/mol. The van der Waals surface area contributed by atoms with Gasteiger partial charge >= 0.3 is 5.97 Å². The van der Waals surface area contributed by atoms with Crippen molar-refractivity contribution < 1.29 is 19.7 Å². The molecule has 0 atom stereocenters. The van der Waals surface area contributed by atoms with E-state index in [1.54, 1.807) is 18.5 Å². The first kappa shape index (κ1) is 17.5. The van der Waals surface area contributed by atoms with Gasteiger partial charge in [-0.1, -0.05) is 12.1 Å². The van der Waals surface area contributed by atoms with Crippen molar-refractivity contribution in [3.63, 3.8) is 0 Å². The van der Waals surface area contributed by atoms with Crippen LogP contribution in [0.15, 0.2) is 48.8 Å². The number of carboxylic acids is 1. The molecule has 0 saturated heterocycles. The van der Waals surface area contributed by atoms with Crippen LogP contribution in [0.4, 0.5) is 0 Å². The smallest absolute Gasteiger partial charge is 0.343 e. The van der Waals surface area contributed by atoms with Crippen LogP contribution >= 0.6 is 0 Å². The number of pyridine rings is 1. The van der Waals surface area contributed by atoms with Crippen LogP contribution in [0.5, 0.6) is 11.5 Å². The van der Waals surface area contributed by atoms with Crippen molar-refractivity contribution in [1.29, 1.82) is 0 Å². The largest absolute Gasteiger partial charge is 0.507 e. The van der Waals surface area contributed by atoms with Gasteiger partial charge in [0.1, 0.15) is 23.7 Å². The fourth-order valence-electron chi connectivity index (χ4n) is 2.71. The Morgan fingerprint density at radius 1 is 1.19 bits per heavy atom. The quantitative estimate of drug-likeness (QED) is 0.704. The van der Waals surface area contributed by atoms with Gasteiger partial charge in [-0.15, -0.1) is 0 Å². The monoisotopic (exact) mass is 353 g/mol. The van der Waals surface area contributed by atoms with Crippen molar-refractivity contribution in [3.05, 3.63) is 59.9 Å². The second kappa shape index (κ2) is 7.26. The van der Waals surface area contributed by atoms with Gasteiger partial charge in [-0.2, -0.15) is 5.10 Å².